The van der Waals surface area contributed by atoms with Gasteiger partial charge in [0.2, 0.25) is 11.5 Å². The third kappa shape index (κ3) is 4.21. The van der Waals surface area contributed by atoms with Gasteiger partial charge in [-0.1, -0.05) is 0 Å². The molecule has 184 valence electrons. The lowest BCUT2D eigenvalue weighted by atomic mass is 9.81. The van der Waals surface area contributed by atoms with Crippen molar-refractivity contribution >= 4 is 23.2 Å². The summed E-state index contributed by atoms with van der Waals surface area (Å²) in [4.78, 5) is 32.2. The van der Waals surface area contributed by atoms with Crippen molar-refractivity contribution < 1.29 is 37.0 Å². The number of alkyl halides is 3. The van der Waals surface area contributed by atoms with Crippen molar-refractivity contribution in [1.29, 1.82) is 0 Å². The molecular formula is C22H18F4N4O4S. The maximum absolute atomic E-state index is 14.2. The highest BCUT2D eigenvalue weighted by atomic mass is 32.1. The predicted molar refractivity (Wildman–Crippen MR) is 116 cm³/mol. The Hall–Kier alpha value is -3.58. The summed E-state index contributed by atoms with van der Waals surface area (Å²) in [6.07, 6.45) is -4.12. The van der Waals surface area contributed by atoms with Gasteiger partial charge in [-0.2, -0.15) is 13.2 Å². The molecule has 13 heteroatoms. The van der Waals surface area contributed by atoms with Crippen molar-refractivity contribution in [1.82, 2.24) is 15.3 Å². The first-order valence-electron chi connectivity index (χ1n) is 10.1. The predicted octanol–water partition coefficient (Wildman–Crippen LogP) is 2.66. The minimum atomic E-state index is -5.29. The number of pyridine rings is 1. The highest BCUT2D eigenvalue weighted by molar-refractivity contribution is 7.11. The minimum absolute atomic E-state index is 0.0140. The van der Waals surface area contributed by atoms with Gasteiger partial charge in [0.15, 0.2) is 0 Å². The fourth-order valence-electron chi connectivity index (χ4n) is 3.56. The van der Waals surface area contributed by atoms with Crippen LogP contribution in [0.25, 0.3) is 11.3 Å². The van der Waals surface area contributed by atoms with Gasteiger partial charge < -0.3 is 20.9 Å². The SMILES string of the molecule is C[C@]1(C(N)=O)COc2c1cc(C(O)(CNC(=O)c1cncs1)C(F)(F)F)nc2-c1ccc(F)cc1. The molecule has 0 bridgehead atoms. The molecule has 2 amide bonds. The molecular weight excluding hydrogens is 492 g/mol. The second kappa shape index (κ2) is 8.57. The number of aromatic nitrogens is 2. The first-order chi connectivity index (χ1) is 16.4. The molecule has 2 atom stereocenters. The number of ether oxygens (including phenoxy) is 1. The van der Waals surface area contributed by atoms with Crippen molar-refractivity contribution in [2.45, 2.75) is 24.1 Å². The number of thiazole rings is 1. The molecule has 0 saturated heterocycles. The van der Waals surface area contributed by atoms with Crippen LogP contribution >= 0.6 is 11.3 Å². The lowest BCUT2D eigenvalue weighted by Gasteiger charge is -2.31. The number of carbonyl (C=O) groups is 2. The number of primary amides is 1. The fourth-order valence-corrected chi connectivity index (χ4v) is 4.10. The van der Waals surface area contributed by atoms with Gasteiger partial charge in [0, 0.05) is 11.1 Å². The number of nitrogens with one attached hydrogen (secondary N) is 1. The molecule has 0 radical (unpaired) electrons. The normalized spacial score (nSPS) is 18.9. The quantitative estimate of drug-likeness (QED) is 0.438. The summed E-state index contributed by atoms with van der Waals surface area (Å²) < 4.78 is 61.8. The molecule has 1 unspecified atom stereocenters. The van der Waals surface area contributed by atoms with Gasteiger partial charge in [0.05, 0.1) is 23.9 Å². The Balaban J connectivity index is 1.87. The number of nitrogens with zero attached hydrogens (tertiary/aromatic N) is 2. The number of rotatable bonds is 6. The van der Waals surface area contributed by atoms with E-state index in [0.717, 1.165) is 29.5 Å². The molecule has 8 nitrogen and oxygen atoms in total. The van der Waals surface area contributed by atoms with E-state index in [1.54, 1.807) is 0 Å². The number of fused-ring (bicyclic) bond motifs is 1. The maximum atomic E-state index is 14.2. The van der Waals surface area contributed by atoms with E-state index in [9.17, 15) is 32.3 Å². The number of benzene rings is 1. The van der Waals surface area contributed by atoms with E-state index in [-0.39, 0.29) is 34.1 Å². The lowest BCUT2D eigenvalue weighted by molar-refractivity contribution is -0.265. The van der Waals surface area contributed by atoms with Crippen LogP contribution in [-0.2, 0) is 15.8 Å². The van der Waals surface area contributed by atoms with Gasteiger partial charge in [-0.25, -0.2) is 9.37 Å². The lowest BCUT2D eigenvalue weighted by Crippen LogP contribution is -2.51. The van der Waals surface area contributed by atoms with Gasteiger partial charge in [-0.3, -0.25) is 14.6 Å². The van der Waals surface area contributed by atoms with Crippen molar-refractivity contribution in [2.75, 3.05) is 13.2 Å². The van der Waals surface area contributed by atoms with E-state index in [1.807, 2.05) is 0 Å². The average Bonchev–Trinajstić information content (AvgIpc) is 3.46. The topological polar surface area (TPSA) is 127 Å². The zero-order valence-electron chi connectivity index (χ0n) is 18.0. The number of carbonyl (C=O) groups excluding carboxylic acids is 2. The molecule has 3 aromatic rings. The summed E-state index contributed by atoms with van der Waals surface area (Å²) in [6, 6.07) is 5.58. The number of halogens is 4. The van der Waals surface area contributed by atoms with Crippen molar-refractivity contribution in [3.8, 4) is 17.0 Å². The molecule has 4 rings (SSSR count). The van der Waals surface area contributed by atoms with Crippen molar-refractivity contribution in [3.63, 3.8) is 0 Å². The van der Waals surface area contributed by atoms with Crippen molar-refractivity contribution in [3.05, 3.63) is 64.0 Å². The van der Waals surface area contributed by atoms with Crippen LogP contribution < -0.4 is 15.8 Å². The second-order valence-corrected chi connectivity index (χ2v) is 9.02. The maximum Gasteiger partial charge on any atom is 0.424 e. The standard InChI is InChI=1S/C22H18F4N4O4S/c1-20(19(27)32)9-34-17-13(20)6-15(30-16(17)11-2-4-12(23)5-3-11)21(33,22(24,25)26)8-29-18(31)14-7-28-10-35-14/h2-7,10,33H,8-9H2,1H3,(H2,27,32)(H,29,31)/t20-,21?/m0/s1. The third-order valence-electron chi connectivity index (χ3n) is 5.79. The van der Waals surface area contributed by atoms with Crippen LogP contribution in [0, 0.1) is 5.82 Å². The Morgan fingerprint density at radius 1 is 1.29 bits per heavy atom. The first kappa shape index (κ1) is 24.5. The summed E-state index contributed by atoms with van der Waals surface area (Å²) in [7, 11) is 0. The zero-order valence-corrected chi connectivity index (χ0v) is 18.8. The number of nitrogens with two attached hydrogens (primary N) is 1. The van der Waals surface area contributed by atoms with Gasteiger partial charge in [-0.05, 0) is 37.3 Å². The van der Waals surface area contributed by atoms with E-state index in [2.05, 4.69) is 15.3 Å². The Kier molecular flexibility index (Phi) is 6.01. The third-order valence-corrected chi connectivity index (χ3v) is 6.56. The molecule has 4 N–H and O–H groups in total. The summed E-state index contributed by atoms with van der Waals surface area (Å²) in [6.45, 7) is -0.169. The Morgan fingerprint density at radius 3 is 2.54 bits per heavy atom. The summed E-state index contributed by atoms with van der Waals surface area (Å²) in [5, 5.41) is 12.9. The highest BCUT2D eigenvalue weighted by Crippen LogP contribution is 2.47. The van der Waals surface area contributed by atoms with Gasteiger partial charge >= 0.3 is 6.18 Å². The largest absolute Gasteiger partial charge is 0.489 e. The highest BCUT2D eigenvalue weighted by Gasteiger charge is 2.57. The molecule has 2 aromatic heterocycles. The number of hydrogen-bond donors (Lipinski definition) is 3. The van der Waals surface area contributed by atoms with E-state index >= 15 is 0 Å². The molecule has 0 fully saturated rings. The van der Waals surface area contributed by atoms with Crippen LogP contribution in [-0.4, -0.2) is 46.2 Å². The molecule has 0 aliphatic carbocycles. The Bertz CT molecular complexity index is 1280. The van der Waals surface area contributed by atoms with Crippen LogP contribution in [0.1, 0.15) is 27.9 Å². The molecule has 1 aliphatic heterocycles. The summed E-state index contributed by atoms with van der Waals surface area (Å²) >= 11 is 0.905. The molecule has 1 aliphatic rings. The van der Waals surface area contributed by atoms with Crippen molar-refractivity contribution in [2.24, 2.45) is 5.73 Å². The molecule has 0 spiro atoms. The zero-order chi connectivity index (χ0) is 25.6. The number of aliphatic hydroxyl groups is 1. The average molecular weight is 510 g/mol. The number of hydrogen-bond acceptors (Lipinski definition) is 7. The van der Waals surface area contributed by atoms with E-state index in [0.29, 0.717) is 0 Å². The van der Waals surface area contributed by atoms with E-state index in [1.165, 1.54) is 30.8 Å². The minimum Gasteiger partial charge on any atom is -0.489 e. The van der Waals surface area contributed by atoms with Gasteiger partial charge in [0.25, 0.3) is 5.91 Å². The van der Waals surface area contributed by atoms with Crippen LogP contribution in [0.5, 0.6) is 5.75 Å². The smallest absolute Gasteiger partial charge is 0.424 e. The van der Waals surface area contributed by atoms with E-state index in [4.69, 9.17) is 10.5 Å². The number of amides is 2. The Labute approximate surface area is 199 Å². The van der Waals surface area contributed by atoms with Crippen LogP contribution in [0.3, 0.4) is 0 Å². The van der Waals surface area contributed by atoms with E-state index < -0.39 is 47.1 Å². The monoisotopic (exact) mass is 510 g/mol. The van der Waals surface area contributed by atoms with Gasteiger partial charge in [0.1, 0.15) is 34.2 Å². The fraction of sp³-hybridized carbons (Fsp3) is 0.273. The van der Waals surface area contributed by atoms with Crippen LogP contribution in [0.2, 0.25) is 0 Å². The van der Waals surface area contributed by atoms with Gasteiger partial charge in [-0.15, -0.1) is 11.3 Å². The van der Waals surface area contributed by atoms with Crippen LogP contribution in [0.4, 0.5) is 17.6 Å². The Morgan fingerprint density at radius 2 is 1.97 bits per heavy atom. The molecule has 3 heterocycles. The van der Waals surface area contributed by atoms with Crippen LogP contribution in [0.15, 0.2) is 42.0 Å². The summed E-state index contributed by atoms with van der Waals surface area (Å²) in [5.41, 5.74) is 0.765. The molecule has 0 saturated carbocycles. The molecule has 35 heavy (non-hydrogen) atoms. The first-order valence-corrected chi connectivity index (χ1v) is 11.0. The molecule has 1 aromatic carbocycles. The summed E-state index contributed by atoms with van der Waals surface area (Å²) in [5.74, 6) is -2.35. The second-order valence-electron chi connectivity index (χ2n) is 8.13.